The average molecular weight is 212 g/mol. The number of nitrogens with one attached hydrogen (secondary N) is 1. The highest BCUT2D eigenvalue weighted by Gasteiger charge is 2.02. The monoisotopic (exact) mass is 212 g/mol. The Morgan fingerprint density at radius 3 is 3.07 bits per heavy atom. The van der Waals surface area contributed by atoms with Crippen LogP contribution in [0.5, 0.6) is 0 Å². The number of ether oxygens (including phenoxy) is 1. The van der Waals surface area contributed by atoms with Crippen LogP contribution in [0, 0.1) is 6.92 Å². The van der Waals surface area contributed by atoms with E-state index in [1.807, 2.05) is 13.0 Å². The van der Waals surface area contributed by atoms with Gasteiger partial charge in [-0.25, -0.2) is 0 Å². The molecule has 1 aromatic heterocycles. The van der Waals surface area contributed by atoms with Crippen molar-refractivity contribution < 1.29 is 14.1 Å². The minimum absolute atomic E-state index is 0.182. The van der Waals surface area contributed by atoms with Crippen LogP contribution in [-0.4, -0.2) is 24.3 Å². The molecule has 0 bridgehead atoms. The summed E-state index contributed by atoms with van der Waals surface area (Å²) in [7, 11) is 0. The van der Waals surface area contributed by atoms with E-state index in [1.165, 1.54) is 0 Å². The fourth-order valence-corrected chi connectivity index (χ4v) is 1.13. The molecule has 0 atom stereocenters. The van der Waals surface area contributed by atoms with E-state index in [-0.39, 0.29) is 5.97 Å². The Labute approximate surface area is 88.8 Å². The molecule has 0 aliphatic heterocycles. The Balaban J connectivity index is 2.09. The second-order valence-corrected chi connectivity index (χ2v) is 3.17. The Morgan fingerprint density at radius 1 is 1.67 bits per heavy atom. The molecule has 84 valence electrons. The number of hydrogen-bond donors (Lipinski definition) is 1. The summed E-state index contributed by atoms with van der Waals surface area (Å²) in [6, 6.07) is 1.86. The molecule has 15 heavy (non-hydrogen) atoms. The Hall–Kier alpha value is -1.36. The predicted octanol–water partition coefficient (Wildman–Crippen LogP) is 1.03. The number of rotatable bonds is 6. The van der Waals surface area contributed by atoms with Gasteiger partial charge < -0.3 is 14.6 Å². The quantitative estimate of drug-likeness (QED) is 0.563. The van der Waals surface area contributed by atoms with E-state index in [0.717, 1.165) is 11.5 Å². The normalized spacial score (nSPS) is 10.3. The van der Waals surface area contributed by atoms with E-state index in [0.29, 0.717) is 26.1 Å². The van der Waals surface area contributed by atoms with Crippen molar-refractivity contribution in [3.63, 3.8) is 0 Å². The lowest BCUT2D eigenvalue weighted by atomic mass is 10.3. The molecule has 0 aromatic carbocycles. The molecule has 0 saturated heterocycles. The summed E-state index contributed by atoms with van der Waals surface area (Å²) in [5, 5.41) is 6.82. The van der Waals surface area contributed by atoms with Crippen molar-refractivity contribution in [1.29, 1.82) is 0 Å². The van der Waals surface area contributed by atoms with Crippen LogP contribution < -0.4 is 5.32 Å². The third-order valence-corrected chi connectivity index (χ3v) is 1.79. The van der Waals surface area contributed by atoms with Crippen LogP contribution in [0.3, 0.4) is 0 Å². The van der Waals surface area contributed by atoms with Crippen LogP contribution in [0.2, 0.25) is 0 Å². The molecule has 1 heterocycles. The lowest BCUT2D eigenvalue weighted by molar-refractivity contribution is -0.142. The van der Waals surface area contributed by atoms with Gasteiger partial charge in [0.15, 0.2) is 5.76 Å². The molecule has 0 aliphatic carbocycles. The van der Waals surface area contributed by atoms with Gasteiger partial charge in [0.25, 0.3) is 0 Å². The second-order valence-electron chi connectivity index (χ2n) is 3.17. The Kier molecular flexibility index (Phi) is 4.83. The van der Waals surface area contributed by atoms with Crippen molar-refractivity contribution in [2.45, 2.75) is 26.8 Å². The number of carbonyl (C=O) groups is 1. The summed E-state index contributed by atoms with van der Waals surface area (Å²) in [6.07, 6.45) is 0.376. The van der Waals surface area contributed by atoms with Crippen LogP contribution in [0.25, 0.3) is 0 Å². The van der Waals surface area contributed by atoms with E-state index in [4.69, 9.17) is 9.26 Å². The van der Waals surface area contributed by atoms with Gasteiger partial charge in [-0.2, -0.15) is 0 Å². The molecule has 0 fully saturated rings. The summed E-state index contributed by atoms with van der Waals surface area (Å²) in [5.74, 6) is 0.593. The largest absolute Gasteiger partial charge is 0.466 e. The van der Waals surface area contributed by atoms with Crippen LogP contribution in [0.1, 0.15) is 24.8 Å². The molecule has 5 heteroatoms. The molecule has 0 saturated carbocycles. The highest BCUT2D eigenvalue weighted by Crippen LogP contribution is 2.00. The van der Waals surface area contributed by atoms with Gasteiger partial charge in [0.05, 0.1) is 25.3 Å². The van der Waals surface area contributed by atoms with Crippen molar-refractivity contribution in [2.75, 3.05) is 13.2 Å². The van der Waals surface area contributed by atoms with Gasteiger partial charge in [-0.3, -0.25) is 4.79 Å². The van der Waals surface area contributed by atoms with Crippen molar-refractivity contribution in [3.05, 3.63) is 17.5 Å². The minimum atomic E-state index is -0.182. The summed E-state index contributed by atoms with van der Waals surface area (Å²) < 4.78 is 9.77. The first-order chi connectivity index (χ1) is 7.22. The van der Waals surface area contributed by atoms with Crippen LogP contribution in [-0.2, 0) is 16.1 Å². The molecule has 0 amide bonds. The van der Waals surface area contributed by atoms with E-state index in [2.05, 4.69) is 10.5 Å². The molecule has 1 rings (SSSR count). The van der Waals surface area contributed by atoms with Crippen LogP contribution in [0.4, 0.5) is 0 Å². The standard InChI is InChI=1S/C10H16N2O3/c1-3-14-10(13)4-5-11-7-9-6-8(2)12-15-9/h6,11H,3-5,7H2,1-2H3. The first kappa shape index (κ1) is 11.7. The number of aromatic nitrogens is 1. The molecule has 0 radical (unpaired) electrons. The molecule has 5 nitrogen and oxygen atoms in total. The van der Waals surface area contributed by atoms with E-state index in [9.17, 15) is 4.79 Å². The highest BCUT2D eigenvalue weighted by molar-refractivity contribution is 5.69. The molecule has 1 aromatic rings. The van der Waals surface area contributed by atoms with Crippen molar-refractivity contribution in [2.24, 2.45) is 0 Å². The van der Waals surface area contributed by atoms with Crippen molar-refractivity contribution >= 4 is 5.97 Å². The predicted molar refractivity (Wildman–Crippen MR) is 54.2 cm³/mol. The Bertz CT molecular complexity index is 309. The smallest absolute Gasteiger partial charge is 0.307 e. The zero-order chi connectivity index (χ0) is 11.1. The number of aryl methyl sites for hydroxylation is 1. The van der Waals surface area contributed by atoms with Gasteiger partial charge in [-0.15, -0.1) is 0 Å². The SMILES string of the molecule is CCOC(=O)CCNCc1cc(C)no1. The second kappa shape index (κ2) is 6.19. The number of nitrogens with zero attached hydrogens (tertiary/aromatic N) is 1. The van der Waals surface area contributed by atoms with Gasteiger partial charge in [0.2, 0.25) is 0 Å². The maximum absolute atomic E-state index is 11.0. The highest BCUT2D eigenvalue weighted by atomic mass is 16.5. The van der Waals surface area contributed by atoms with E-state index >= 15 is 0 Å². The topological polar surface area (TPSA) is 64.4 Å². The maximum atomic E-state index is 11.0. The average Bonchev–Trinajstić information content (AvgIpc) is 2.60. The van der Waals surface area contributed by atoms with Crippen LogP contribution >= 0.6 is 0 Å². The molecular formula is C10H16N2O3. The fraction of sp³-hybridized carbons (Fsp3) is 0.600. The fourth-order valence-electron chi connectivity index (χ4n) is 1.13. The van der Waals surface area contributed by atoms with Gasteiger partial charge in [-0.1, -0.05) is 5.16 Å². The van der Waals surface area contributed by atoms with Crippen molar-refractivity contribution in [1.82, 2.24) is 10.5 Å². The summed E-state index contributed by atoms with van der Waals surface area (Å²) in [4.78, 5) is 11.0. The number of esters is 1. The molecule has 0 aliphatic rings. The lowest BCUT2D eigenvalue weighted by Gasteiger charge is -2.02. The third-order valence-electron chi connectivity index (χ3n) is 1.79. The number of hydrogen-bond acceptors (Lipinski definition) is 5. The van der Waals surface area contributed by atoms with E-state index < -0.39 is 0 Å². The van der Waals surface area contributed by atoms with Gasteiger partial charge >= 0.3 is 5.97 Å². The molecular weight excluding hydrogens is 196 g/mol. The van der Waals surface area contributed by atoms with Crippen molar-refractivity contribution in [3.8, 4) is 0 Å². The maximum Gasteiger partial charge on any atom is 0.307 e. The first-order valence-corrected chi connectivity index (χ1v) is 5.01. The lowest BCUT2D eigenvalue weighted by Crippen LogP contribution is -2.18. The van der Waals surface area contributed by atoms with Gasteiger partial charge in [-0.05, 0) is 13.8 Å². The zero-order valence-electron chi connectivity index (χ0n) is 9.08. The molecule has 0 spiro atoms. The zero-order valence-corrected chi connectivity index (χ0v) is 9.08. The first-order valence-electron chi connectivity index (χ1n) is 5.01. The number of carbonyl (C=O) groups excluding carboxylic acids is 1. The van der Waals surface area contributed by atoms with Gasteiger partial charge in [0.1, 0.15) is 0 Å². The Morgan fingerprint density at radius 2 is 2.47 bits per heavy atom. The molecule has 0 unspecified atom stereocenters. The summed E-state index contributed by atoms with van der Waals surface area (Å²) in [5.41, 5.74) is 0.859. The minimum Gasteiger partial charge on any atom is -0.466 e. The molecule has 1 N–H and O–H groups in total. The van der Waals surface area contributed by atoms with Crippen LogP contribution in [0.15, 0.2) is 10.6 Å². The summed E-state index contributed by atoms with van der Waals surface area (Å²) >= 11 is 0. The van der Waals surface area contributed by atoms with E-state index in [1.54, 1.807) is 6.92 Å². The third kappa shape index (κ3) is 4.60. The van der Waals surface area contributed by atoms with Gasteiger partial charge in [0, 0.05) is 12.6 Å². The summed E-state index contributed by atoms with van der Waals surface area (Å²) in [6.45, 7) is 5.26.